The molecule has 0 saturated heterocycles. The number of hydrogen-bond acceptors (Lipinski definition) is 2. The Morgan fingerprint density at radius 1 is 1.44 bits per heavy atom. The first-order valence-electron chi connectivity index (χ1n) is 4.28. The molecule has 16 heavy (non-hydrogen) atoms. The van der Waals surface area contributed by atoms with Gasteiger partial charge in [-0.1, -0.05) is 11.6 Å². The lowest BCUT2D eigenvalue weighted by atomic mass is 10.2. The molecule has 0 aliphatic carbocycles. The lowest BCUT2D eigenvalue weighted by Gasteiger charge is -2.06. The third-order valence-electron chi connectivity index (χ3n) is 2.15. The van der Waals surface area contributed by atoms with Gasteiger partial charge in [0.1, 0.15) is 5.65 Å². The Bertz CT molecular complexity index is 535. The Hall–Kier alpha value is -1.27. The Morgan fingerprint density at radius 2 is 2.12 bits per heavy atom. The molecule has 0 spiro atoms. The van der Waals surface area contributed by atoms with E-state index in [1.807, 2.05) is 0 Å². The largest absolute Gasteiger partial charge is 0.416 e. The average Bonchev–Trinajstić information content (AvgIpc) is 2.50. The highest BCUT2D eigenvalue weighted by atomic mass is 35.5. The molecule has 0 amide bonds. The van der Waals surface area contributed by atoms with Gasteiger partial charge in [-0.2, -0.15) is 13.2 Å². The minimum absolute atomic E-state index is 0.00169. The summed E-state index contributed by atoms with van der Waals surface area (Å²) in [5.41, 5.74) is -0.472. The first-order chi connectivity index (χ1) is 7.43. The fraction of sp³-hybridized carbons (Fsp3) is 0.222. The van der Waals surface area contributed by atoms with Gasteiger partial charge >= 0.3 is 6.18 Å². The van der Waals surface area contributed by atoms with Crippen LogP contribution in [-0.4, -0.2) is 14.5 Å². The number of fused-ring (bicyclic) bond motifs is 1. The summed E-state index contributed by atoms with van der Waals surface area (Å²) >= 11 is 5.66. The zero-order chi connectivity index (χ0) is 11.9. The third-order valence-corrected chi connectivity index (χ3v) is 2.46. The summed E-state index contributed by atoms with van der Waals surface area (Å²) in [6.45, 7) is -0.384. The van der Waals surface area contributed by atoms with Crippen LogP contribution in [0.2, 0.25) is 5.15 Å². The Labute approximate surface area is 93.1 Å². The summed E-state index contributed by atoms with van der Waals surface area (Å²) in [7, 11) is 0. The number of rotatable bonds is 1. The normalized spacial score (nSPS) is 12.3. The highest BCUT2D eigenvalue weighted by Gasteiger charge is 2.31. The van der Waals surface area contributed by atoms with E-state index in [1.165, 1.54) is 10.6 Å². The van der Waals surface area contributed by atoms with Crippen molar-refractivity contribution in [3.05, 3.63) is 34.7 Å². The monoisotopic (exact) mass is 250 g/mol. The molecule has 2 rings (SSSR count). The molecule has 0 aliphatic rings. The van der Waals surface area contributed by atoms with Gasteiger partial charge in [0.15, 0.2) is 5.15 Å². The van der Waals surface area contributed by atoms with Crippen LogP contribution in [0.25, 0.3) is 5.65 Å². The second-order valence-electron chi connectivity index (χ2n) is 3.15. The zero-order valence-corrected chi connectivity index (χ0v) is 8.55. The van der Waals surface area contributed by atoms with Gasteiger partial charge in [-0.3, -0.25) is 0 Å². The molecule has 0 saturated carbocycles. The number of nitrogens with zero attached hydrogens (tertiary/aromatic N) is 2. The van der Waals surface area contributed by atoms with Crippen molar-refractivity contribution in [2.24, 2.45) is 0 Å². The van der Waals surface area contributed by atoms with Crippen LogP contribution >= 0.6 is 11.6 Å². The Kier molecular flexibility index (Phi) is 2.55. The molecule has 0 aliphatic heterocycles. The summed E-state index contributed by atoms with van der Waals surface area (Å²) in [5.74, 6) is 0. The molecule has 0 aromatic carbocycles. The second-order valence-corrected chi connectivity index (χ2v) is 3.51. The van der Waals surface area contributed by atoms with E-state index in [0.29, 0.717) is 0 Å². The molecular weight excluding hydrogens is 245 g/mol. The molecule has 86 valence electrons. The Balaban J connectivity index is 2.65. The van der Waals surface area contributed by atoms with Crippen molar-refractivity contribution in [1.82, 2.24) is 9.38 Å². The van der Waals surface area contributed by atoms with Gasteiger partial charge in [0.25, 0.3) is 0 Å². The first-order valence-corrected chi connectivity index (χ1v) is 4.66. The summed E-state index contributed by atoms with van der Waals surface area (Å²) in [5, 5.41) is 8.97. The van der Waals surface area contributed by atoms with Crippen LogP contribution in [0.3, 0.4) is 0 Å². The van der Waals surface area contributed by atoms with E-state index in [0.717, 1.165) is 12.1 Å². The van der Waals surface area contributed by atoms with Crippen molar-refractivity contribution in [3.8, 4) is 0 Å². The predicted octanol–water partition coefficient (Wildman–Crippen LogP) is 2.50. The summed E-state index contributed by atoms with van der Waals surface area (Å²) in [6, 6.07) is 1.79. The van der Waals surface area contributed by atoms with Crippen LogP contribution in [-0.2, 0) is 12.8 Å². The van der Waals surface area contributed by atoms with Gasteiger partial charge in [0.2, 0.25) is 0 Å². The molecular formula is C9H6ClF3N2O. The van der Waals surface area contributed by atoms with Crippen molar-refractivity contribution in [2.45, 2.75) is 12.8 Å². The van der Waals surface area contributed by atoms with E-state index in [9.17, 15) is 13.2 Å². The van der Waals surface area contributed by atoms with Gasteiger partial charge in [0, 0.05) is 6.20 Å². The molecule has 1 N–H and O–H groups in total. The van der Waals surface area contributed by atoms with Gasteiger partial charge < -0.3 is 9.51 Å². The molecule has 2 aromatic rings. The lowest BCUT2D eigenvalue weighted by Crippen LogP contribution is -2.05. The smallest absolute Gasteiger partial charge is 0.390 e. The number of aliphatic hydroxyl groups excluding tert-OH is 1. The number of halogens is 4. The van der Waals surface area contributed by atoms with Crippen LogP contribution in [0.4, 0.5) is 13.2 Å². The minimum Gasteiger partial charge on any atom is -0.390 e. The first kappa shape index (κ1) is 11.2. The van der Waals surface area contributed by atoms with E-state index in [1.54, 1.807) is 0 Å². The zero-order valence-electron chi connectivity index (χ0n) is 7.79. The number of alkyl halides is 3. The SMILES string of the molecule is OCc1c(Cl)nc2cc(C(F)(F)F)ccn12. The summed E-state index contributed by atoms with van der Waals surface area (Å²) in [6.07, 6.45) is -3.23. The van der Waals surface area contributed by atoms with Gasteiger partial charge in [-0.15, -0.1) is 0 Å². The van der Waals surface area contributed by atoms with E-state index in [2.05, 4.69) is 4.98 Å². The topological polar surface area (TPSA) is 37.5 Å². The number of aliphatic hydroxyl groups is 1. The van der Waals surface area contributed by atoms with Gasteiger partial charge in [0.05, 0.1) is 17.9 Å². The number of hydrogen-bond donors (Lipinski definition) is 1. The quantitative estimate of drug-likeness (QED) is 0.844. The molecule has 3 nitrogen and oxygen atoms in total. The molecule has 2 heterocycles. The molecule has 2 aromatic heterocycles. The number of pyridine rings is 1. The number of imidazole rings is 1. The maximum atomic E-state index is 12.4. The average molecular weight is 251 g/mol. The van der Waals surface area contributed by atoms with Crippen molar-refractivity contribution < 1.29 is 18.3 Å². The molecule has 0 atom stereocenters. The maximum absolute atomic E-state index is 12.4. The van der Waals surface area contributed by atoms with Crippen LogP contribution in [0, 0.1) is 0 Å². The second kappa shape index (κ2) is 3.64. The van der Waals surface area contributed by atoms with Crippen LogP contribution in [0.5, 0.6) is 0 Å². The van der Waals surface area contributed by atoms with E-state index >= 15 is 0 Å². The predicted molar refractivity (Wildman–Crippen MR) is 51.1 cm³/mol. The highest BCUT2D eigenvalue weighted by molar-refractivity contribution is 6.30. The molecule has 0 unspecified atom stereocenters. The molecule has 7 heteroatoms. The van der Waals surface area contributed by atoms with Gasteiger partial charge in [-0.25, -0.2) is 4.98 Å². The van der Waals surface area contributed by atoms with E-state index in [4.69, 9.17) is 16.7 Å². The highest BCUT2D eigenvalue weighted by Crippen LogP contribution is 2.30. The third kappa shape index (κ3) is 1.74. The fourth-order valence-electron chi connectivity index (χ4n) is 1.38. The van der Waals surface area contributed by atoms with Crippen molar-refractivity contribution >= 4 is 17.2 Å². The van der Waals surface area contributed by atoms with Crippen LogP contribution in [0.1, 0.15) is 11.3 Å². The van der Waals surface area contributed by atoms with Crippen molar-refractivity contribution in [2.75, 3.05) is 0 Å². The molecule has 0 bridgehead atoms. The summed E-state index contributed by atoms with van der Waals surface area (Å²) < 4.78 is 38.5. The van der Waals surface area contributed by atoms with Crippen LogP contribution < -0.4 is 0 Å². The van der Waals surface area contributed by atoms with Crippen LogP contribution in [0.15, 0.2) is 18.3 Å². The lowest BCUT2D eigenvalue weighted by molar-refractivity contribution is -0.137. The summed E-state index contributed by atoms with van der Waals surface area (Å²) in [4.78, 5) is 3.73. The number of aromatic nitrogens is 2. The minimum atomic E-state index is -4.42. The fourth-order valence-corrected chi connectivity index (χ4v) is 1.62. The molecule has 0 fully saturated rings. The van der Waals surface area contributed by atoms with E-state index in [-0.39, 0.29) is 23.1 Å². The Morgan fingerprint density at radius 3 is 2.69 bits per heavy atom. The van der Waals surface area contributed by atoms with Crippen molar-refractivity contribution in [3.63, 3.8) is 0 Å². The standard InChI is InChI=1S/C9H6ClF3N2O/c10-8-6(4-16)15-2-1-5(9(11,12)13)3-7(15)14-8/h1-3,16H,4H2. The van der Waals surface area contributed by atoms with Crippen molar-refractivity contribution in [1.29, 1.82) is 0 Å². The molecule has 0 radical (unpaired) electrons. The maximum Gasteiger partial charge on any atom is 0.416 e. The van der Waals surface area contributed by atoms with E-state index < -0.39 is 11.7 Å². The van der Waals surface area contributed by atoms with Gasteiger partial charge in [-0.05, 0) is 12.1 Å².